The number of allylic oxidation sites excluding steroid dienone is 2. The summed E-state index contributed by atoms with van der Waals surface area (Å²) in [4.78, 5) is 98.9. The van der Waals surface area contributed by atoms with Crippen LogP contribution >= 0.6 is 0 Å². The fraction of sp³-hybridized carbons (Fsp3) is 0.302. The molecule has 758 valence electrons. The standard InChI is InChI=1S/C26H31N3O3.C25H29N3O3.C23H25N3O3.C21H18FN5O.C21H21N3O3/c1-5-14-28(2)21-10-6-18(7-11-21)20-9-13-25-27-22(16-26(30)29(25)17-20)19-8-12-23(31-3)24(15-19)32-4;1-5-27(2)20-10-6-17(7-11-20)19-9-13-24-26-21(15-25(29)28(24)16-19)18-8-12-22(30-3)23(14-18)31-4;1-4-25-11-9-16(10-12-25)18-6-8-22-24-19(14-23(27)26(22)15-18)17-5-7-20(28-2)21(13-17)29-3;1-13-10-26-11-16(8-17(22)21(26)24-13)15-2-3-19-25-18(9-20(28)27(19)12-15)14-4-6-23-7-5-14;1-26-18-5-3-15(11-19(18)27-2)16-4-6-20-23-17(12-21(25)24(20)13-16)14-7-9-22-10-8-14/h6,8-9,12-13,15-17,21H,5,7,10-11,14H2,1-4H3;6,8-9,12-16,20H,5,7,10-11H2,1-4H3;5-9,13-15H,4,10-12H2,1-3H3;2-4,8-12,23H,5-7H2,1H3;3-7,11-13,22H,8-10H2,1-2H3. The number of methoxy groups -OCH3 is 8. The molecule has 0 spiro atoms. The summed E-state index contributed by atoms with van der Waals surface area (Å²) in [5, 5.41) is 6.53. The summed E-state index contributed by atoms with van der Waals surface area (Å²) in [6.45, 7) is 17.1. The zero-order valence-electron chi connectivity index (χ0n) is 85.6. The fourth-order valence-electron chi connectivity index (χ4n) is 19.3. The molecule has 15 heterocycles. The van der Waals surface area contributed by atoms with E-state index in [1.807, 2.05) is 153 Å². The number of pyridine rings is 6. The first kappa shape index (κ1) is 103. The Hall–Kier alpha value is -15.8. The largest absolute Gasteiger partial charge is 0.493 e. The van der Waals surface area contributed by atoms with E-state index in [1.54, 1.807) is 128 Å². The Morgan fingerprint density at radius 1 is 0.347 bits per heavy atom. The highest BCUT2D eigenvalue weighted by atomic mass is 19.1. The molecule has 16 aromatic rings. The Labute approximate surface area is 851 Å². The third-order valence-corrected chi connectivity index (χ3v) is 27.7. The second-order valence-electron chi connectivity index (χ2n) is 36.7. The van der Waals surface area contributed by atoms with Crippen molar-refractivity contribution in [3.8, 4) is 102 Å². The van der Waals surface area contributed by atoms with Gasteiger partial charge in [-0.05, 0) is 307 Å². The maximum absolute atomic E-state index is 14.4. The Morgan fingerprint density at radius 3 is 1.04 bits per heavy atom. The zero-order chi connectivity index (χ0) is 103. The van der Waals surface area contributed by atoms with Crippen molar-refractivity contribution in [3.63, 3.8) is 0 Å². The predicted octanol–water partition coefficient (Wildman–Crippen LogP) is 18.0. The van der Waals surface area contributed by atoms with E-state index in [0.29, 0.717) is 115 Å². The van der Waals surface area contributed by atoms with Crippen LogP contribution in [0.1, 0.15) is 119 Å². The smallest absolute Gasteiger partial charge is 0.258 e. The third-order valence-electron chi connectivity index (χ3n) is 27.7. The summed E-state index contributed by atoms with van der Waals surface area (Å²) in [6.07, 6.45) is 34.2. The van der Waals surface area contributed by atoms with Gasteiger partial charge in [0.2, 0.25) is 0 Å². The number of nitrogens with zero attached hydrogens (tertiary/aromatic N) is 15. The fourth-order valence-corrected chi connectivity index (χ4v) is 19.3. The van der Waals surface area contributed by atoms with Crippen molar-refractivity contribution < 1.29 is 42.3 Å². The van der Waals surface area contributed by atoms with Crippen LogP contribution < -0.4 is 76.3 Å². The number of nitrogens with one attached hydrogen (secondary N) is 2. The lowest BCUT2D eigenvalue weighted by molar-refractivity contribution is 0.229. The number of halogens is 1. The Balaban J connectivity index is 0.000000126. The lowest BCUT2D eigenvalue weighted by Crippen LogP contribution is -2.33. The summed E-state index contributed by atoms with van der Waals surface area (Å²) in [6, 6.07) is 52.2. The SMILES string of the molecule is CCCN(C)C1CC=C(c2ccc3nc(-c4ccc(OC)c(OC)c4)cc(=O)n3c2)CC1.CCN(C)C1CC=C(c2ccc3nc(-c4ccc(OC)c(OC)c4)cc(=O)n3c2)CC1.CCN1CC=C(c2ccc3nc(-c4ccc(OC)c(OC)c4)cc(=O)n3c2)CC1.COc1ccc(-c2ccc3nc(C4=CCNCC4)cc(=O)n3c2)cc1OC.Cc1cn2cc(-c3ccc4nc(C5=CCNCC5)cc(=O)n4c3)cc(F)c2n1. The van der Waals surface area contributed by atoms with Gasteiger partial charge in [-0.25, -0.2) is 34.3 Å². The lowest BCUT2D eigenvalue weighted by Gasteiger charge is -2.30. The summed E-state index contributed by atoms with van der Waals surface area (Å²) < 4.78 is 66.7. The van der Waals surface area contributed by atoms with Crippen LogP contribution in [-0.4, -0.2) is 213 Å². The maximum Gasteiger partial charge on any atom is 0.258 e. The average Bonchev–Trinajstić information content (AvgIpc) is 1.75. The molecule has 0 radical (unpaired) electrons. The first-order valence-corrected chi connectivity index (χ1v) is 49.7. The van der Waals surface area contributed by atoms with Crippen molar-refractivity contribution in [1.29, 1.82) is 0 Å². The van der Waals surface area contributed by atoms with Crippen molar-refractivity contribution in [2.24, 2.45) is 0 Å². The van der Waals surface area contributed by atoms with Crippen molar-refractivity contribution in [2.75, 3.05) is 130 Å². The van der Waals surface area contributed by atoms with Gasteiger partial charge < -0.3 is 62.7 Å². The quantitative estimate of drug-likeness (QED) is 0.0568. The highest BCUT2D eigenvalue weighted by Gasteiger charge is 2.25. The Bertz CT molecular complexity index is 8090. The monoisotopic (exact) mass is 1980 g/mol. The van der Waals surface area contributed by atoms with Crippen molar-refractivity contribution in [1.82, 2.24) is 81.6 Å². The summed E-state index contributed by atoms with van der Waals surface area (Å²) >= 11 is 0. The number of benzene rings is 4. The number of hydrogen-bond donors (Lipinski definition) is 2. The van der Waals surface area contributed by atoms with Crippen molar-refractivity contribution >= 4 is 61.7 Å². The molecule has 3 aliphatic heterocycles. The number of likely N-dealkylation sites (N-methyl/N-ethyl adjacent to an activating group) is 1. The van der Waals surface area contributed by atoms with Gasteiger partial charge >= 0.3 is 0 Å². The van der Waals surface area contributed by atoms with Gasteiger partial charge in [-0.2, -0.15) is 0 Å². The topological polar surface area (TPSA) is 297 Å². The van der Waals surface area contributed by atoms with Gasteiger partial charge in [0.05, 0.1) is 91.0 Å². The van der Waals surface area contributed by atoms with E-state index in [1.165, 1.54) is 33.6 Å². The average molecular weight is 1980 g/mol. The number of fused-ring (bicyclic) bond motifs is 6. The number of aromatic nitrogens is 12. The van der Waals surface area contributed by atoms with Crippen LogP contribution in [0.4, 0.5) is 4.39 Å². The van der Waals surface area contributed by atoms with E-state index >= 15 is 0 Å². The summed E-state index contributed by atoms with van der Waals surface area (Å²) in [5.74, 6) is 4.65. The molecule has 21 rings (SSSR count). The van der Waals surface area contributed by atoms with Gasteiger partial charge in [0.25, 0.3) is 27.8 Å². The molecule has 2 N–H and O–H groups in total. The van der Waals surface area contributed by atoms with Crippen LogP contribution in [0.25, 0.3) is 118 Å². The molecular weight excluding hydrogens is 1860 g/mol. The van der Waals surface area contributed by atoms with Crippen molar-refractivity contribution in [3.05, 3.63) is 335 Å². The number of ether oxygens (including phenoxy) is 8. The Kier molecular flexibility index (Phi) is 32.8. The Morgan fingerprint density at radius 2 is 0.694 bits per heavy atom. The van der Waals surface area contributed by atoms with Gasteiger partial charge in [-0.1, -0.05) is 57.2 Å². The normalized spacial score (nSPS) is 15.3. The first-order chi connectivity index (χ1) is 71.5. The molecule has 31 heteroatoms. The van der Waals surface area contributed by atoms with E-state index in [-0.39, 0.29) is 27.8 Å². The molecule has 2 aliphatic carbocycles. The molecule has 12 aromatic heterocycles. The zero-order valence-corrected chi connectivity index (χ0v) is 85.6. The molecule has 0 saturated heterocycles. The number of imidazole rings is 1. The van der Waals surface area contributed by atoms with E-state index in [0.717, 1.165) is 195 Å². The van der Waals surface area contributed by atoms with Crippen LogP contribution in [0.3, 0.4) is 0 Å². The van der Waals surface area contributed by atoms with Crippen LogP contribution in [0.15, 0.2) is 268 Å². The molecule has 0 fully saturated rings. The van der Waals surface area contributed by atoms with Crippen LogP contribution in [0.5, 0.6) is 46.0 Å². The van der Waals surface area contributed by atoms with E-state index < -0.39 is 5.82 Å². The highest BCUT2D eigenvalue weighted by molar-refractivity contribution is 5.76. The van der Waals surface area contributed by atoms with Crippen LogP contribution in [0.2, 0.25) is 0 Å². The number of aryl methyl sites for hydroxylation is 1. The van der Waals surface area contributed by atoms with E-state index in [9.17, 15) is 28.4 Å². The molecule has 0 amide bonds. The molecule has 2 atom stereocenters. The number of hydrogen-bond acceptors (Lipinski definition) is 24. The maximum atomic E-state index is 14.4. The molecule has 147 heavy (non-hydrogen) atoms. The highest BCUT2D eigenvalue weighted by Crippen LogP contribution is 2.39. The van der Waals surface area contributed by atoms with Gasteiger partial charge in [-0.3, -0.25) is 50.9 Å². The molecule has 5 aliphatic rings. The van der Waals surface area contributed by atoms with Crippen LogP contribution in [0, 0.1) is 12.7 Å². The first-order valence-electron chi connectivity index (χ1n) is 49.7. The molecule has 30 nitrogen and oxygen atoms in total. The van der Waals surface area contributed by atoms with Gasteiger partial charge in [0.1, 0.15) is 28.2 Å². The summed E-state index contributed by atoms with van der Waals surface area (Å²) in [7, 11) is 17.2. The van der Waals surface area contributed by atoms with Gasteiger partial charge in [0, 0.05) is 140 Å². The van der Waals surface area contributed by atoms with E-state index in [4.69, 9.17) is 47.9 Å². The van der Waals surface area contributed by atoms with E-state index in [2.05, 4.69) is 123 Å². The second-order valence-corrected chi connectivity index (χ2v) is 36.7. The number of rotatable bonds is 24. The molecule has 4 aromatic carbocycles. The van der Waals surface area contributed by atoms with Crippen molar-refractivity contribution in [2.45, 2.75) is 104 Å². The minimum atomic E-state index is -0.399. The predicted molar refractivity (Wildman–Crippen MR) is 578 cm³/mol. The lowest BCUT2D eigenvalue weighted by atomic mass is 9.90. The minimum absolute atomic E-state index is 0.0863. The molecular formula is C116H124FN17O13. The van der Waals surface area contributed by atoms with Gasteiger partial charge in [-0.15, -0.1) is 0 Å². The van der Waals surface area contributed by atoms with Crippen LogP contribution in [-0.2, 0) is 0 Å². The molecule has 2 unspecified atom stereocenters. The second kappa shape index (κ2) is 46.9. The molecule has 0 bridgehead atoms. The minimum Gasteiger partial charge on any atom is -0.493 e. The third kappa shape index (κ3) is 23.4. The summed E-state index contributed by atoms with van der Waals surface area (Å²) in [5.41, 5.74) is 21.9. The van der Waals surface area contributed by atoms with Gasteiger partial charge in [0.15, 0.2) is 57.5 Å². The molecule has 0 saturated carbocycles.